The largest absolute Gasteiger partial charge is 0.361 e. The Balaban J connectivity index is 3.15. The van der Waals surface area contributed by atoms with E-state index in [1.165, 1.54) is 6.92 Å². The molecule has 1 aromatic rings. The fourth-order valence-corrected chi connectivity index (χ4v) is 1.96. The van der Waals surface area contributed by atoms with Crippen LogP contribution in [-0.2, 0) is 10.3 Å². The van der Waals surface area contributed by atoms with Gasteiger partial charge in [0.05, 0.1) is 11.9 Å². The highest BCUT2D eigenvalue weighted by Crippen LogP contribution is 2.17. The molecule has 0 heterocycles. The molecule has 0 amide bonds. The Bertz CT molecular complexity index is 388. The summed E-state index contributed by atoms with van der Waals surface area (Å²) in [6.45, 7) is 1.47. The molecular weight excluding hydrogens is 204 g/mol. The minimum Gasteiger partial charge on any atom is -0.311 e. The molecule has 0 aliphatic carbocycles. The first-order valence-corrected chi connectivity index (χ1v) is 5.40. The maximum atomic E-state index is 11.0. The number of benzene rings is 1. The average molecular weight is 216 g/mol. The maximum Gasteiger partial charge on any atom is 0.361 e. The second-order valence-electron chi connectivity index (χ2n) is 2.85. The molecule has 0 aromatic heterocycles. The van der Waals surface area contributed by atoms with Crippen molar-refractivity contribution in [2.75, 3.05) is 4.31 Å². The van der Waals surface area contributed by atoms with Crippen molar-refractivity contribution in [3.63, 3.8) is 0 Å². The van der Waals surface area contributed by atoms with Crippen molar-refractivity contribution in [2.45, 2.75) is 13.1 Å². The third-order valence-corrected chi connectivity index (χ3v) is 2.67. The molecule has 6 heteroatoms. The fraction of sp³-hybridized carbons (Fsp3) is 0.250. The first-order chi connectivity index (χ1) is 6.43. The third-order valence-electron chi connectivity index (χ3n) is 1.63. The van der Waals surface area contributed by atoms with Gasteiger partial charge in [-0.1, -0.05) is 18.2 Å². The van der Waals surface area contributed by atoms with Crippen LogP contribution in [0.25, 0.3) is 0 Å². The fourth-order valence-electron chi connectivity index (χ4n) is 1.15. The van der Waals surface area contributed by atoms with Crippen LogP contribution in [0.4, 0.5) is 5.69 Å². The summed E-state index contributed by atoms with van der Waals surface area (Å²) >= 11 is 0. The number of para-hydroxylation sites is 1. The molecule has 1 aromatic carbocycles. The molecule has 0 bridgehead atoms. The quantitative estimate of drug-likeness (QED) is 0.572. The van der Waals surface area contributed by atoms with Gasteiger partial charge in [-0.25, -0.2) is 4.31 Å². The highest BCUT2D eigenvalue weighted by Gasteiger charge is 2.22. The summed E-state index contributed by atoms with van der Waals surface area (Å²) in [5.41, 5.74) is 5.78. The molecule has 0 radical (unpaired) electrons. The Morgan fingerprint density at radius 1 is 1.36 bits per heavy atom. The zero-order chi connectivity index (χ0) is 10.8. The van der Waals surface area contributed by atoms with Crippen LogP contribution in [0.3, 0.4) is 0 Å². The van der Waals surface area contributed by atoms with E-state index < -0.39 is 16.5 Å². The summed E-state index contributed by atoms with van der Waals surface area (Å²) in [5, 5.41) is 0. The minimum absolute atomic E-state index is 0.338. The predicted molar refractivity (Wildman–Crippen MR) is 54.1 cm³/mol. The van der Waals surface area contributed by atoms with E-state index >= 15 is 0 Å². The molecule has 0 saturated heterocycles. The monoisotopic (exact) mass is 216 g/mol. The highest BCUT2D eigenvalue weighted by molar-refractivity contribution is 7.87. The lowest BCUT2D eigenvalue weighted by molar-refractivity contribution is 0.471. The van der Waals surface area contributed by atoms with Crippen LogP contribution in [0, 0.1) is 0 Å². The lowest BCUT2D eigenvalue weighted by Gasteiger charge is -2.24. The smallest absolute Gasteiger partial charge is 0.311 e. The van der Waals surface area contributed by atoms with Crippen LogP contribution in [0.5, 0.6) is 0 Å². The van der Waals surface area contributed by atoms with E-state index in [1.54, 1.807) is 30.3 Å². The summed E-state index contributed by atoms with van der Waals surface area (Å²) in [6, 6.07) is 8.17. The van der Waals surface area contributed by atoms with Crippen molar-refractivity contribution in [1.82, 2.24) is 0 Å². The number of nitrogens with two attached hydrogens (primary N) is 1. The van der Waals surface area contributed by atoms with Gasteiger partial charge in [0.1, 0.15) is 0 Å². The molecular formula is C8H12N2O3S. The summed E-state index contributed by atoms with van der Waals surface area (Å²) in [5.74, 6) is 0. The van der Waals surface area contributed by atoms with Crippen LogP contribution in [0.1, 0.15) is 6.92 Å². The summed E-state index contributed by atoms with van der Waals surface area (Å²) in [7, 11) is -4.31. The first kappa shape index (κ1) is 11.0. The van der Waals surface area contributed by atoms with E-state index in [9.17, 15) is 8.42 Å². The summed E-state index contributed by atoms with van der Waals surface area (Å²) in [6.07, 6.45) is -0.813. The van der Waals surface area contributed by atoms with E-state index in [0.717, 1.165) is 4.31 Å². The van der Waals surface area contributed by atoms with Gasteiger partial charge in [-0.2, -0.15) is 8.42 Å². The van der Waals surface area contributed by atoms with Gasteiger partial charge >= 0.3 is 10.3 Å². The van der Waals surface area contributed by atoms with Crippen molar-refractivity contribution in [1.29, 1.82) is 0 Å². The molecule has 1 unspecified atom stereocenters. The Labute approximate surface area is 83.0 Å². The van der Waals surface area contributed by atoms with E-state index in [1.807, 2.05) is 0 Å². The van der Waals surface area contributed by atoms with Gasteiger partial charge in [-0.15, -0.1) is 0 Å². The van der Waals surface area contributed by atoms with Gasteiger partial charge in [0.15, 0.2) is 0 Å². The Morgan fingerprint density at radius 3 is 2.21 bits per heavy atom. The molecule has 78 valence electrons. The number of rotatable bonds is 3. The summed E-state index contributed by atoms with van der Waals surface area (Å²) < 4.78 is 31.6. The standard InChI is InChI=1S/C8H12N2O3S/c1-7(9)10(14(11,12)13)8-5-3-2-4-6-8/h2-7H,9H2,1H3,(H,11,12,13). The SMILES string of the molecule is CC(N)N(c1ccccc1)S(=O)(=O)O. The lowest BCUT2D eigenvalue weighted by Crippen LogP contribution is -2.43. The Kier molecular flexibility index (Phi) is 3.10. The normalized spacial score (nSPS) is 13.6. The third kappa shape index (κ3) is 2.44. The zero-order valence-corrected chi connectivity index (χ0v) is 8.48. The van der Waals surface area contributed by atoms with Crippen LogP contribution < -0.4 is 10.0 Å². The number of nitrogens with zero attached hydrogens (tertiary/aromatic N) is 1. The van der Waals surface area contributed by atoms with E-state index in [0.29, 0.717) is 5.69 Å². The van der Waals surface area contributed by atoms with Gasteiger partial charge in [0.2, 0.25) is 0 Å². The van der Waals surface area contributed by atoms with Gasteiger partial charge in [0.25, 0.3) is 0 Å². The number of anilines is 1. The Morgan fingerprint density at radius 2 is 1.86 bits per heavy atom. The van der Waals surface area contributed by atoms with Gasteiger partial charge in [-0.3, -0.25) is 4.55 Å². The van der Waals surface area contributed by atoms with Crippen LogP contribution in [0.15, 0.2) is 30.3 Å². The van der Waals surface area contributed by atoms with Crippen molar-refractivity contribution in [3.8, 4) is 0 Å². The van der Waals surface area contributed by atoms with E-state index in [2.05, 4.69) is 0 Å². The molecule has 1 atom stereocenters. The maximum absolute atomic E-state index is 11.0. The van der Waals surface area contributed by atoms with E-state index in [4.69, 9.17) is 10.3 Å². The van der Waals surface area contributed by atoms with Gasteiger partial charge in [-0.05, 0) is 19.1 Å². The molecule has 0 aliphatic heterocycles. The molecule has 0 fully saturated rings. The van der Waals surface area contributed by atoms with Crippen LogP contribution in [-0.4, -0.2) is 19.1 Å². The number of hydrogen-bond donors (Lipinski definition) is 2. The molecule has 0 aliphatic rings. The molecule has 3 N–H and O–H groups in total. The van der Waals surface area contributed by atoms with Crippen molar-refractivity contribution < 1.29 is 13.0 Å². The van der Waals surface area contributed by atoms with Crippen molar-refractivity contribution in [2.24, 2.45) is 5.73 Å². The summed E-state index contributed by atoms with van der Waals surface area (Å²) in [4.78, 5) is 0. The Hall–Kier alpha value is -1.11. The average Bonchev–Trinajstić information content (AvgIpc) is 2.02. The second-order valence-corrected chi connectivity index (χ2v) is 4.14. The molecule has 0 saturated carbocycles. The first-order valence-electron chi connectivity index (χ1n) is 4.00. The minimum atomic E-state index is -4.31. The van der Waals surface area contributed by atoms with Crippen molar-refractivity contribution in [3.05, 3.63) is 30.3 Å². The number of hydrogen-bond acceptors (Lipinski definition) is 3. The molecule has 5 nitrogen and oxygen atoms in total. The van der Waals surface area contributed by atoms with Crippen LogP contribution >= 0.6 is 0 Å². The second kappa shape index (κ2) is 3.95. The topological polar surface area (TPSA) is 83.6 Å². The lowest BCUT2D eigenvalue weighted by atomic mass is 10.3. The van der Waals surface area contributed by atoms with Gasteiger partial charge in [0, 0.05) is 0 Å². The molecule has 1 rings (SSSR count). The van der Waals surface area contributed by atoms with Crippen molar-refractivity contribution >= 4 is 16.0 Å². The highest BCUT2D eigenvalue weighted by atomic mass is 32.2. The zero-order valence-electron chi connectivity index (χ0n) is 7.66. The van der Waals surface area contributed by atoms with Crippen LogP contribution in [0.2, 0.25) is 0 Å². The van der Waals surface area contributed by atoms with E-state index in [-0.39, 0.29) is 0 Å². The predicted octanol–water partition coefficient (Wildman–Crippen LogP) is 0.601. The molecule has 0 spiro atoms. The van der Waals surface area contributed by atoms with Gasteiger partial charge < -0.3 is 5.73 Å². The molecule has 14 heavy (non-hydrogen) atoms.